The Labute approximate surface area is 117 Å². The van der Waals surface area contributed by atoms with Crippen molar-refractivity contribution in [2.75, 3.05) is 13.7 Å². The summed E-state index contributed by atoms with van der Waals surface area (Å²) in [6.07, 6.45) is 1.50. The summed E-state index contributed by atoms with van der Waals surface area (Å²) in [5.41, 5.74) is 1.66. The average molecular weight is 275 g/mol. The topological polar surface area (TPSA) is 60.7 Å². The lowest BCUT2D eigenvalue weighted by atomic mass is 10.2. The zero-order valence-electron chi connectivity index (χ0n) is 11.7. The molecule has 0 fully saturated rings. The normalized spacial score (nSPS) is 10.3. The van der Waals surface area contributed by atoms with Crippen LogP contribution in [0.3, 0.4) is 0 Å². The van der Waals surface area contributed by atoms with Crippen LogP contribution in [0, 0.1) is 6.92 Å². The number of nitrogens with zero attached hydrogens (tertiary/aromatic N) is 1. The summed E-state index contributed by atoms with van der Waals surface area (Å²) in [6.45, 7) is 3.76. The molecular formula is C15H17NO4. The van der Waals surface area contributed by atoms with Gasteiger partial charge in [0, 0.05) is 11.4 Å². The number of aromatic hydroxyl groups is 1. The third-order valence-corrected chi connectivity index (χ3v) is 3.06. The van der Waals surface area contributed by atoms with Crippen molar-refractivity contribution in [2.45, 2.75) is 13.8 Å². The Morgan fingerprint density at radius 3 is 2.50 bits per heavy atom. The number of carbonyl (C=O) groups excluding carboxylic acids is 1. The Morgan fingerprint density at radius 2 is 1.95 bits per heavy atom. The van der Waals surface area contributed by atoms with Crippen LogP contribution in [0.15, 0.2) is 30.5 Å². The van der Waals surface area contributed by atoms with Gasteiger partial charge in [0.05, 0.1) is 19.9 Å². The second-order valence-corrected chi connectivity index (χ2v) is 4.26. The van der Waals surface area contributed by atoms with Gasteiger partial charge in [-0.1, -0.05) is 0 Å². The van der Waals surface area contributed by atoms with Gasteiger partial charge >= 0.3 is 5.97 Å². The highest BCUT2D eigenvalue weighted by Gasteiger charge is 2.20. The molecule has 5 nitrogen and oxygen atoms in total. The highest BCUT2D eigenvalue weighted by atomic mass is 16.5. The standard InChI is InChI=1S/C15H17NO4/c1-4-20-15(18)14-10(2)16(9-13(14)17)11-5-7-12(19-3)8-6-11/h5-9,17H,4H2,1-3H3. The number of methoxy groups -OCH3 is 1. The Hall–Kier alpha value is -2.43. The summed E-state index contributed by atoms with van der Waals surface area (Å²) in [5, 5.41) is 9.92. The van der Waals surface area contributed by atoms with E-state index in [1.54, 1.807) is 25.5 Å². The lowest BCUT2D eigenvalue weighted by molar-refractivity contribution is 0.0522. The van der Waals surface area contributed by atoms with Crippen LogP contribution in [0.4, 0.5) is 0 Å². The van der Waals surface area contributed by atoms with Gasteiger partial charge < -0.3 is 19.1 Å². The van der Waals surface area contributed by atoms with E-state index in [2.05, 4.69) is 0 Å². The smallest absolute Gasteiger partial charge is 0.343 e. The van der Waals surface area contributed by atoms with E-state index in [0.29, 0.717) is 5.69 Å². The molecule has 1 aromatic carbocycles. The predicted molar refractivity (Wildman–Crippen MR) is 74.7 cm³/mol. The molecule has 20 heavy (non-hydrogen) atoms. The first kappa shape index (κ1) is 14.0. The van der Waals surface area contributed by atoms with Crippen LogP contribution in [0.1, 0.15) is 23.0 Å². The fourth-order valence-corrected chi connectivity index (χ4v) is 2.06. The van der Waals surface area contributed by atoms with Crippen molar-refractivity contribution in [2.24, 2.45) is 0 Å². The van der Waals surface area contributed by atoms with Crippen molar-refractivity contribution in [3.8, 4) is 17.2 Å². The van der Waals surface area contributed by atoms with Crippen molar-refractivity contribution in [3.05, 3.63) is 41.7 Å². The van der Waals surface area contributed by atoms with E-state index in [1.165, 1.54) is 6.20 Å². The van der Waals surface area contributed by atoms with Crippen LogP contribution >= 0.6 is 0 Å². The minimum absolute atomic E-state index is 0.0863. The zero-order chi connectivity index (χ0) is 14.7. The molecule has 0 saturated carbocycles. The summed E-state index contributed by atoms with van der Waals surface area (Å²) >= 11 is 0. The van der Waals surface area contributed by atoms with Gasteiger partial charge in [0.1, 0.15) is 17.1 Å². The minimum atomic E-state index is -0.519. The van der Waals surface area contributed by atoms with Crippen molar-refractivity contribution >= 4 is 5.97 Å². The quantitative estimate of drug-likeness (QED) is 0.871. The first-order valence-electron chi connectivity index (χ1n) is 6.31. The molecule has 0 spiro atoms. The summed E-state index contributed by atoms with van der Waals surface area (Å²) in [5.74, 6) is 0.139. The number of esters is 1. The van der Waals surface area contributed by atoms with Crippen molar-refractivity contribution in [1.82, 2.24) is 4.57 Å². The molecule has 1 aromatic heterocycles. The molecule has 2 rings (SSSR count). The summed E-state index contributed by atoms with van der Waals surface area (Å²) < 4.78 is 11.8. The summed E-state index contributed by atoms with van der Waals surface area (Å²) in [4.78, 5) is 11.8. The van der Waals surface area contributed by atoms with Gasteiger partial charge in [-0.05, 0) is 38.1 Å². The molecule has 5 heteroatoms. The first-order valence-corrected chi connectivity index (χ1v) is 6.31. The van der Waals surface area contributed by atoms with Gasteiger partial charge in [-0.25, -0.2) is 4.79 Å². The number of ether oxygens (including phenoxy) is 2. The monoisotopic (exact) mass is 275 g/mol. The molecule has 0 aliphatic heterocycles. The van der Waals surface area contributed by atoms with Crippen LogP contribution in [-0.2, 0) is 4.74 Å². The Balaban J connectivity index is 2.42. The number of carbonyl (C=O) groups is 1. The molecule has 0 unspecified atom stereocenters. The number of benzene rings is 1. The Bertz CT molecular complexity index is 614. The highest BCUT2D eigenvalue weighted by molar-refractivity contribution is 5.94. The molecule has 2 aromatic rings. The van der Waals surface area contributed by atoms with Crippen LogP contribution in [0.2, 0.25) is 0 Å². The largest absolute Gasteiger partial charge is 0.505 e. The Morgan fingerprint density at radius 1 is 1.30 bits per heavy atom. The second-order valence-electron chi connectivity index (χ2n) is 4.26. The number of hydrogen-bond donors (Lipinski definition) is 1. The molecule has 0 aliphatic carbocycles. The van der Waals surface area contributed by atoms with Gasteiger partial charge in [0.2, 0.25) is 0 Å². The van der Waals surface area contributed by atoms with Gasteiger partial charge in [-0.3, -0.25) is 0 Å². The second kappa shape index (κ2) is 5.69. The van der Waals surface area contributed by atoms with Crippen molar-refractivity contribution < 1.29 is 19.4 Å². The number of rotatable bonds is 4. The first-order chi connectivity index (χ1) is 9.58. The van der Waals surface area contributed by atoms with Gasteiger partial charge in [0.15, 0.2) is 0 Å². The molecular weight excluding hydrogens is 258 g/mol. The van der Waals surface area contributed by atoms with Gasteiger partial charge in [0.25, 0.3) is 0 Å². The van der Waals surface area contributed by atoms with Crippen LogP contribution in [-0.4, -0.2) is 29.4 Å². The molecule has 0 radical (unpaired) electrons. The van der Waals surface area contributed by atoms with E-state index < -0.39 is 5.97 Å². The average Bonchev–Trinajstić information content (AvgIpc) is 2.74. The highest BCUT2D eigenvalue weighted by Crippen LogP contribution is 2.27. The van der Waals surface area contributed by atoms with Gasteiger partial charge in [-0.15, -0.1) is 0 Å². The molecule has 0 aliphatic rings. The minimum Gasteiger partial charge on any atom is -0.505 e. The van der Waals surface area contributed by atoms with Gasteiger partial charge in [-0.2, -0.15) is 0 Å². The molecule has 1 heterocycles. The van der Waals surface area contributed by atoms with E-state index in [-0.39, 0.29) is 17.9 Å². The fourth-order valence-electron chi connectivity index (χ4n) is 2.06. The Kier molecular flexibility index (Phi) is 3.98. The fraction of sp³-hybridized carbons (Fsp3) is 0.267. The molecule has 106 valence electrons. The number of hydrogen-bond acceptors (Lipinski definition) is 4. The van der Waals surface area contributed by atoms with E-state index in [0.717, 1.165) is 11.4 Å². The molecule has 0 bridgehead atoms. The number of aromatic nitrogens is 1. The lowest BCUT2D eigenvalue weighted by Gasteiger charge is -2.08. The van der Waals surface area contributed by atoms with Crippen LogP contribution in [0.25, 0.3) is 5.69 Å². The van der Waals surface area contributed by atoms with E-state index in [4.69, 9.17) is 9.47 Å². The lowest BCUT2D eigenvalue weighted by Crippen LogP contribution is -2.06. The van der Waals surface area contributed by atoms with Crippen LogP contribution < -0.4 is 4.74 Å². The van der Waals surface area contributed by atoms with E-state index in [1.807, 2.05) is 24.3 Å². The molecule has 1 N–H and O–H groups in total. The predicted octanol–water partition coefficient (Wildman–Crippen LogP) is 2.68. The zero-order valence-corrected chi connectivity index (χ0v) is 11.7. The molecule has 0 atom stereocenters. The summed E-state index contributed by atoms with van der Waals surface area (Å²) in [6, 6.07) is 7.33. The third kappa shape index (κ3) is 2.47. The molecule has 0 amide bonds. The maximum atomic E-state index is 11.8. The summed E-state index contributed by atoms with van der Waals surface area (Å²) in [7, 11) is 1.60. The third-order valence-electron chi connectivity index (χ3n) is 3.06. The van der Waals surface area contributed by atoms with E-state index in [9.17, 15) is 9.90 Å². The van der Waals surface area contributed by atoms with E-state index >= 15 is 0 Å². The maximum absolute atomic E-state index is 11.8. The molecule has 0 saturated heterocycles. The van der Waals surface area contributed by atoms with Crippen molar-refractivity contribution in [1.29, 1.82) is 0 Å². The van der Waals surface area contributed by atoms with Crippen LogP contribution in [0.5, 0.6) is 11.5 Å². The maximum Gasteiger partial charge on any atom is 0.343 e. The SMILES string of the molecule is CCOC(=O)c1c(O)cn(-c2ccc(OC)cc2)c1C. The van der Waals surface area contributed by atoms with Crippen molar-refractivity contribution in [3.63, 3.8) is 0 Å².